The number of nitrogens with zero attached hydrogens (tertiary/aromatic N) is 4. The molecule has 220 valence electrons. The van der Waals surface area contributed by atoms with Gasteiger partial charge in [-0.05, 0) is 68.1 Å². The lowest BCUT2D eigenvalue weighted by atomic mass is 10.0. The third-order valence-corrected chi connectivity index (χ3v) is 9.38. The second-order valence-corrected chi connectivity index (χ2v) is 19.0. The van der Waals surface area contributed by atoms with E-state index < -0.39 is 19.7 Å². The molecule has 0 N–H and O–H groups in total. The lowest BCUT2D eigenvalue weighted by molar-refractivity contribution is -0.158. The van der Waals surface area contributed by atoms with Gasteiger partial charge in [-0.15, -0.1) is 0 Å². The van der Waals surface area contributed by atoms with Gasteiger partial charge < -0.3 is 18.9 Å². The van der Waals surface area contributed by atoms with Gasteiger partial charge in [0.15, 0.2) is 0 Å². The van der Waals surface area contributed by atoms with Crippen LogP contribution in [0.4, 0.5) is 4.79 Å². The van der Waals surface area contributed by atoms with Crippen molar-refractivity contribution in [2.75, 3.05) is 13.3 Å². The van der Waals surface area contributed by atoms with E-state index in [1.165, 1.54) is 4.90 Å². The summed E-state index contributed by atoms with van der Waals surface area (Å²) >= 11 is 0. The highest BCUT2D eigenvalue weighted by Gasteiger charge is 2.43. The minimum absolute atomic E-state index is 0.0680. The van der Waals surface area contributed by atoms with E-state index >= 15 is 0 Å². The summed E-state index contributed by atoms with van der Waals surface area (Å²) in [6, 6.07) is 5.93. The van der Waals surface area contributed by atoms with Gasteiger partial charge in [-0.25, -0.2) is 4.79 Å². The zero-order valence-corrected chi connectivity index (χ0v) is 25.9. The van der Waals surface area contributed by atoms with Crippen molar-refractivity contribution in [3.05, 3.63) is 52.8 Å². The Morgan fingerprint density at radius 1 is 1.00 bits per heavy atom. The predicted molar refractivity (Wildman–Crippen MR) is 155 cm³/mol. The van der Waals surface area contributed by atoms with Crippen molar-refractivity contribution in [2.45, 2.75) is 90.6 Å². The molecular weight excluding hydrogens is 540 g/mol. The first-order valence-electron chi connectivity index (χ1n) is 14.2. The molecule has 0 aliphatic carbocycles. The monoisotopic (exact) mass is 580 g/mol. The molecule has 4 amide bonds. The van der Waals surface area contributed by atoms with Crippen LogP contribution in [0.15, 0.2) is 30.6 Å². The predicted octanol–water partition coefficient (Wildman–Crippen LogP) is 4.51. The van der Waals surface area contributed by atoms with Crippen LogP contribution in [0.5, 0.6) is 0 Å². The molecule has 4 heterocycles. The van der Waals surface area contributed by atoms with E-state index in [2.05, 4.69) is 19.6 Å². The summed E-state index contributed by atoms with van der Waals surface area (Å²) < 4.78 is 13.2. The number of benzene rings is 1. The summed E-state index contributed by atoms with van der Waals surface area (Å²) in [5.41, 5.74) is 3.89. The summed E-state index contributed by atoms with van der Waals surface area (Å²) in [5, 5.41) is 0. The Bertz CT molecular complexity index is 1360. The molecule has 1 atom stereocenters. The summed E-state index contributed by atoms with van der Waals surface area (Å²) in [6.45, 7) is 14.0. The number of hydrogen-bond acceptors (Lipinski definition) is 6. The van der Waals surface area contributed by atoms with Gasteiger partial charge in [-0.1, -0.05) is 19.6 Å². The van der Waals surface area contributed by atoms with Gasteiger partial charge in [0.1, 0.15) is 18.4 Å². The quantitative estimate of drug-likeness (QED) is 0.271. The van der Waals surface area contributed by atoms with Crippen LogP contribution < -0.4 is 0 Å². The molecule has 0 saturated carbocycles. The lowest BCUT2D eigenvalue weighted by Crippen LogP contribution is -2.55. The molecule has 11 heteroatoms. The summed E-state index contributed by atoms with van der Waals surface area (Å²) in [5.74, 6) is -0.814. The lowest BCUT2D eigenvalue weighted by Gasteiger charge is -2.35. The topological polar surface area (TPSA) is 101 Å². The van der Waals surface area contributed by atoms with Crippen molar-refractivity contribution in [1.29, 1.82) is 0 Å². The average molecular weight is 581 g/mol. The number of rotatable bonds is 7. The highest BCUT2D eigenvalue weighted by molar-refractivity contribution is 6.76. The first-order chi connectivity index (χ1) is 19.2. The number of hydrogen-bond donors (Lipinski definition) is 0. The SMILES string of the molecule is CC(C)(C)OC(=O)N1Cc2cn(-c3ccc4c(c3)CN([C@@H]3CCC(=O)N(COCC[Si](C)(C)C)C3=O)C4=O)cc2C1. The molecule has 5 rings (SSSR count). The van der Waals surface area contributed by atoms with Gasteiger partial charge in [0.2, 0.25) is 5.91 Å². The Morgan fingerprint density at radius 2 is 1.68 bits per heavy atom. The first-order valence-corrected chi connectivity index (χ1v) is 17.9. The number of carbonyl (C=O) groups excluding carboxylic acids is 4. The highest BCUT2D eigenvalue weighted by Crippen LogP contribution is 2.32. The van der Waals surface area contributed by atoms with E-state index in [4.69, 9.17) is 9.47 Å². The minimum Gasteiger partial charge on any atom is -0.444 e. The van der Waals surface area contributed by atoms with Crippen LogP contribution in [0.2, 0.25) is 25.7 Å². The van der Waals surface area contributed by atoms with Gasteiger partial charge in [-0.2, -0.15) is 0 Å². The maximum atomic E-state index is 13.3. The highest BCUT2D eigenvalue weighted by atomic mass is 28.3. The second-order valence-electron chi connectivity index (χ2n) is 13.4. The fourth-order valence-corrected chi connectivity index (χ4v) is 6.17. The molecule has 1 aromatic carbocycles. The van der Waals surface area contributed by atoms with Crippen LogP contribution >= 0.6 is 0 Å². The van der Waals surface area contributed by atoms with Gasteiger partial charge in [-0.3, -0.25) is 24.2 Å². The number of amides is 4. The largest absolute Gasteiger partial charge is 0.444 e. The van der Waals surface area contributed by atoms with Crippen LogP contribution in [0.3, 0.4) is 0 Å². The van der Waals surface area contributed by atoms with E-state index in [0.717, 1.165) is 28.4 Å². The fraction of sp³-hybridized carbons (Fsp3) is 0.533. The number of fused-ring (bicyclic) bond motifs is 2. The molecule has 3 aliphatic heterocycles. The smallest absolute Gasteiger partial charge is 0.410 e. The van der Waals surface area contributed by atoms with E-state index in [9.17, 15) is 19.2 Å². The van der Waals surface area contributed by atoms with E-state index in [-0.39, 0.29) is 37.0 Å². The van der Waals surface area contributed by atoms with Crippen molar-refractivity contribution in [1.82, 2.24) is 19.3 Å². The number of imide groups is 1. The van der Waals surface area contributed by atoms with Crippen molar-refractivity contribution in [3.8, 4) is 5.69 Å². The summed E-state index contributed by atoms with van der Waals surface area (Å²) in [7, 11) is -1.29. The molecular formula is C30H40N4O6Si. The number of likely N-dealkylation sites (tertiary alicyclic amines) is 1. The summed E-state index contributed by atoms with van der Waals surface area (Å²) in [4.78, 5) is 56.1. The molecule has 2 aromatic rings. The molecule has 10 nitrogen and oxygen atoms in total. The number of carbonyl (C=O) groups is 4. The molecule has 0 unspecified atom stereocenters. The van der Waals surface area contributed by atoms with Gasteiger partial charge >= 0.3 is 6.09 Å². The van der Waals surface area contributed by atoms with Crippen molar-refractivity contribution < 1.29 is 28.7 Å². The number of aromatic nitrogens is 1. The van der Waals surface area contributed by atoms with Crippen LogP contribution in [-0.4, -0.2) is 76.1 Å². The van der Waals surface area contributed by atoms with Crippen LogP contribution in [-0.2, 0) is 38.7 Å². The second kappa shape index (κ2) is 10.8. The minimum atomic E-state index is -1.29. The molecule has 3 aliphatic rings. The maximum Gasteiger partial charge on any atom is 0.410 e. The Hall–Kier alpha value is -3.44. The van der Waals surface area contributed by atoms with Crippen LogP contribution in [0, 0.1) is 0 Å². The third-order valence-electron chi connectivity index (χ3n) is 7.67. The Labute approximate surface area is 242 Å². The molecule has 1 fully saturated rings. The molecule has 41 heavy (non-hydrogen) atoms. The maximum absolute atomic E-state index is 13.3. The normalized spacial score (nSPS) is 19.2. The first kappa shape index (κ1) is 29.1. The van der Waals surface area contributed by atoms with Crippen molar-refractivity contribution >= 4 is 31.9 Å². The zero-order chi connectivity index (χ0) is 29.7. The fourth-order valence-electron chi connectivity index (χ4n) is 5.42. The number of piperidine rings is 1. The van der Waals surface area contributed by atoms with Crippen LogP contribution in [0.25, 0.3) is 5.69 Å². The van der Waals surface area contributed by atoms with E-state index in [0.29, 0.717) is 38.2 Å². The van der Waals surface area contributed by atoms with Gasteiger partial charge in [0.25, 0.3) is 11.8 Å². The van der Waals surface area contributed by atoms with Gasteiger partial charge in [0.05, 0.1) is 13.1 Å². The van der Waals surface area contributed by atoms with E-state index in [1.54, 1.807) is 15.9 Å². The molecule has 0 bridgehead atoms. The Morgan fingerprint density at radius 3 is 2.32 bits per heavy atom. The number of ether oxygens (including phenoxy) is 2. The van der Waals surface area contributed by atoms with Crippen molar-refractivity contribution in [2.24, 2.45) is 0 Å². The summed E-state index contributed by atoms with van der Waals surface area (Å²) in [6.07, 6.45) is 4.20. The molecule has 0 spiro atoms. The molecule has 0 radical (unpaired) electrons. The third kappa shape index (κ3) is 6.25. The molecule has 1 saturated heterocycles. The Balaban J connectivity index is 1.24. The average Bonchev–Trinajstić information content (AvgIpc) is 3.54. The molecule has 1 aromatic heterocycles. The Kier molecular flexibility index (Phi) is 7.62. The van der Waals surface area contributed by atoms with Gasteiger partial charge in [0, 0.05) is 51.3 Å². The van der Waals surface area contributed by atoms with E-state index in [1.807, 2.05) is 49.9 Å². The zero-order valence-electron chi connectivity index (χ0n) is 24.9. The standard InChI is InChI=1S/C30H40N4O6Si/c1-30(2,3)40-29(38)32-16-21-14-31(15-22(21)17-32)23-7-8-24-20(13-23)18-33(27(24)36)25-9-10-26(35)34(28(25)37)19-39-11-12-41(4,5)6/h7-8,13-15,25H,9-12,16-19H2,1-6H3/t25-/m1/s1. The van der Waals surface area contributed by atoms with Crippen LogP contribution in [0.1, 0.15) is 60.7 Å². The van der Waals surface area contributed by atoms with Crippen molar-refractivity contribution in [3.63, 3.8) is 0 Å².